The van der Waals surface area contributed by atoms with Gasteiger partial charge in [0.1, 0.15) is 16.4 Å². The van der Waals surface area contributed by atoms with E-state index in [4.69, 9.17) is 19.2 Å². The fourth-order valence-corrected chi connectivity index (χ4v) is 6.26. The lowest BCUT2D eigenvalue weighted by molar-refractivity contribution is 0.0627. The first-order chi connectivity index (χ1) is 21.4. The molecule has 5 rings (SSSR count). The number of aromatic nitrogens is 1. The number of anilines is 2. The Morgan fingerprint density at radius 2 is 1.60 bits per heavy atom. The Balaban J connectivity index is 1.41. The van der Waals surface area contributed by atoms with Gasteiger partial charge < -0.3 is 19.5 Å². The Morgan fingerprint density at radius 1 is 0.933 bits per heavy atom. The topological polar surface area (TPSA) is 98.8 Å². The summed E-state index contributed by atoms with van der Waals surface area (Å²) in [5.74, 6) is -0.0841. The van der Waals surface area contributed by atoms with Crippen LogP contribution < -0.4 is 15.4 Å². The number of rotatable bonds is 8. The van der Waals surface area contributed by atoms with Gasteiger partial charge in [0.25, 0.3) is 5.91 Å². The van der Waals surface area contributed by atoms with Gasteiger partial charge in [0, 0.05) is 18.8 Å². The maximum Gasteiger partial charge on any atom is 0.412 e. The van der Waals surface area contributed by atoms with E-state index in [1.165, 1.54) is 12.1 Å². The minimum atomic E-state index is -0.702. The Hall–Kier alpha value is -4.28. The fraction of sp³-hybridized carbons (Fsp3) is 0.343. The van der Waals surface area contributed by atoms with Crippen molar-refractivity contribution in [3.63, 3.8) is 0 Å². The van der Waals surface area contributed by atoms with Crippen molar-refractivity contribution in [2.24, 2.45) is 0 Å². The van der Waals surface area contributed by atoms with Gasteiger partial charge in [-0.3, -0.25) is 10.1 Å². The van der Waals surface area contributed by atoms with Gasteiger partial charge in [-0.2, -0.15) is 0 Å². The van der Waals surface area contributed by atoms with Crippen LogP contribution in [0.5, 0.6) is 5.88 Å². The van der Waals surface area contributed by atoms with Crippen LogP contribution >= 0.6 is 11.3 Å². The normalized spacial score (nSPS) is 14.6. The van der Waals surface area contributed by atoms with Crippen molar-refractivity contribution in [1.29, 1.82) is 0 Å². The number of nitrogens with one attached hydrogen (secondary N) is 2. The molecule has 0 spiro atoms. The molecule has 3 aromatic carbocycles. The second kappa shape index (κ2) is 13.4. The van der Waals surface area contributed by atoms with E-state index in [-0.39, 0.29) is 23.2 Å². The van der Waals surface area contributed by atoms with Gasteiger partial charge in [-0.05, 0) is 101 Å². The van der Waals surface area contributed by atoms with E-state index in [1.807, 2.05) is 31.4 Å². The highest BCUT2D eigenvalue weighted by molar-refractivity contribution is 7.10. The van der Waals surface area contributed by atoms with Crippen molar-refractivity contribution >= 4 is 34.7 Å². The lowest BCUT2D eigenvalue weighted by Crippen LogP contribution is -2.35. The average molecular weight is 632 g/mol. The van der Waals surface area contributed by atoms with Crippen LogP contribution in [0.1, 0.15) is 68.4 Å². The summed E-state index contributed by atoms with van der Waals surface area (Å²) in [4.78, 5) is 31.0. The summed E-state index contributed by atoms with van der Waals surface area (Å²) in [6, 6.07) is 18.8. The minimum absolute atomic E-state index is 0.0274. The van der Waals surface area contributed by atoms with Gasteiger partial charge in [-0.15, -0.1) is 11.3 Å². The summed E-state index contributed by atoms with van der Waals surface area (Å²) in [6.07, 6.45) is 0.911. The summed E-state index contributed by atoms with van der Waals surface area (Å²) in [6.45, 7) is 10.5. The summed E-state index contributed by atoms with van der Waals surface area (Å²) >= 11 is 1.58. The summed E-state index contributed by atoms with van der Waals surface area (Å²) in [5, 5.41) is 8.59. The molecule has 1 fully saturated rings. The summed E-state index contributed by atoms with van der Waals surface area (Å²) < 4.78 is 30.5. The molecule has 4 aromatic rings. The largest absolute Gasteiger partial charge is 0.474 e. The quantitative estimate of drug-likeness (QED) is 0.203. The number of nitrogens with zero attached hydrogens (tertiary/aromatic N) is 1. The third-order valence-electron chi connectivity index (χ3n) is 7.38. The molecule has 1 aliphatic rings. The highest BCUT2D eigenvalue weighted by atomic mass is 32.1. The smallest absolute Gasteiger partial charge is 0.412 e. The number of hydrogen-bond donors (Lipinski definition) is 2. The highest BCUT2D eigenvalue weighted by Crippen LogP contribution is 2.43. The second-order valence-electron chi connectivity index (χ2n) is 12.3. The van der Waals surface area contributed by atoms with Gasteiger partial charge in [-0.1, -0.05) is 30.3 Å². The number of thiazole rings is 1. The molecule has 2 heterocycles. The van der Waals surface area contributed by atoms with E-state index in [0.29, 0.717) is 36.0 Å². The van der Waals surface area contributed by atoms with Crippen LogP contribution in [0.15, 0.2) is 72.1 Å². The molecule has 2 amide bonds. The third kappa shape index (κ3) is 7.87. The molecule has 0 atom stereocenters. The van der Waals surface area contributed by atoms with E-state index < -0.39 is 11.7 Å². The first kappa shape index (κ1) is 32.1. The van der Waals surface area contributed by atoms with Gasteiger partial charge in [0.15, 0.2) is 0 Å². The van der Waals surface area contributed by atoms with E-state index >= 15 is 0 Å². The molecule has 2 N–H and O–H groups in total. The Bertz CT molecular complexity index is 1640. The molecule has 0 aliphatic carbocycles. The number of hydrogen-bond acceptors (Lipinski definition) is 7. The van der Waals surface area contributed by atoms with Crippen LogP contribution in [-0.4, -0.2) is 41.9 Å². The van der Waals surface area contributed by atoms with Crippen molar-refractivity contribution in [3.8, 4) is 17.0 Å². The molecule has 8 nitrogen and oxygen atoms in total. The van der Waals surface area contributed by atoms with Crippen LogP contribution in [0.25, 0.3) is 11.1 Å². The molecule has 236 valence electrons. The van der Waals surface area contributed by atoms with Gasteiger partial charge >= 0.3 is 6.09 Å². The van der Waals surface area contributed by atoms with Gasteiger partial charge in [-0.25, -0.2) is 14.2 Å². The Kier molecular flexibility index (Phi) is 9.55. The van der Waals surface area contributed by atoms with Gasteiger partial charge in [0.2, 0.25) is 5.88 Å². The minimum Gasteiger partial charge on any atom is -0.474 e. The van der Waals surface area contributed by atoms with Crippen molar-refractivity contribution < 1.29 is 28.2 Å². The number of ether oxygens (including phenoxy) is 3. The lowest BCUT2D eigenvalue weighted by atomic mass is 9.74. The van der Waals surface area contributed by atoms with Crippen molar-refractivity contribution in [2.75, 3.05) is 23.8 Å². The van der Waals surface area contributed by atoms with Crippen molar-refractivity contribution in [1.82, 2.24) is 4.98 Å². The zero-order chi connectivity index (χ0) is 32.2. The molecule has 1 saturated heterocycles. The molecular formula is C35H38FN3O5S. The maximum atomic E-state index is 13.6. The lowest BCUT2D eigenvalue weighted by Gasteiger charge is -2.36. The number of benzene rings is 3. The Labute approximate surface area is 266 Å². The molecule has 0 saturated carbocycles. The molecule has 45 heavy (non-hydrogen) atoms. The zero-order valence-corrected chi connectivity index (χ0v) is 26.9. The van der Waals surface area contributed by atoms with E-state index in [1.54, 1.807) is 74.6 Å². The first-order valence-corrected chi connectivity index (χ1v) is 15.8. The maximum absolute atomic E-state index is 13.6. The van der Waals surface area contributed by atoms with Crippen LogP contribution in [0.3, 0.4) is 0 Å². The monoisotopic (exact) mass is 631 g/mol. The molecule has 1 aliphatic heterocycles. The van der Waals surface area contributed by atoms with Crippen molar-refractivity contribution in [3.05, 3.63) is 94.1 Å². The predicted octanol–water partition coefficient (Wildman–Crippen LogP) is 8.43. The average Bonchev–Trinajstić information content (AvgIpc) is 3.46. The van der Waals surface area contributed by atoms with Crippen LogP contribution in [0.4, 0.5) is 20.6 Å². The van der Waals surface area contributed by atoms with Crippen LogP contribution in [0, 0.1) is 5.82 Å². The Morgan fingerprint density at radius 3 is 2.24 bits per heavy atom. The predicted molar refractivity (Wildman–Crippen MR) is 175 cm³/mol. The molecule has 1 aromatic heterocycles. The SMILES string of the molecule is CC(C)Oc1csc(C2(c3ccc(C(=O)Nc4cc(-c5ccc(F)cc5)ccc4NC(=O)OC(C)(C)C)cc3)CCOCC2)n1. The number of carbonyl (C=O) groups excluding carboxylic acids is 2. The van der Waals surface area contributed by atoms with E-state index in [9.17, 15) is 14.0 Å². The summed E-state index contributed by atoms with van der Waals surface area (Å²) in [5.41, 5.74) is 2.68. The van der Waals surface area contributed by atoms with Gasteiger partial charge in [0.05, 0.1) is 28.3 Å². The number of amides is 2. The van der Waals surface area contributed by atoms with Crippen LogP contribution in [-0.2, 0) is 14.9 Å². The van der Waals surface area contributed by atoms with Crippen molar-refractivity contribution in [2.45, 2.75) is 64.6 Å². The fourth-order valence-electron chi connectivity index (χ4n) is 5.25. The highest BCUT2D eigenvalue weighted by Gasteiger charge is 2.39. The molecule has 0 bridgehead atoms. The summed E-state index contributed by atoms with van der Waals surface area (Å²) in [7, 11) is 0. The third-order valence-corrected chi connectivity index (χ3v) is 8.40. The molecule has 0 unspecified atom stereocenters. The number of carbonyl (C=O) groups is 2. The van der Waals surface area contributed by atoms with Crippen LogP contribution in [0.2, 0.25) is 0 Å². The number of halogens is 1. The second-order valence-corrected chi connectivity index (χ2v) is 13.1. The standard InChI is InChI=1S/C35H38FN3O5S/c1-22(2)43-30-21-45-32(39-30)35(16-18-42-19-17-35)26-11-6-24(7-12-26)31(40)37-29-20-25(23-8-13-27(36)14-9-23)10-15-28(29)38-33(41)44-34(3,4)5/h6-15,20-22H,16-19H2,1-5H3,(H,37,40)(H,38,41). The zero-order valence-electron chi connectivity index (χ0n) is 26.1. The van der Waals surface area contributed by atoms with E-state index in [2.05, 4.69) is 10.6 Å². The molecular weight excluding hydrogens is 593 g/mol. The molecule has 10 heteroatoms. The molecule has 0 radical (unpaired) electrons. The first-order valence-electron chi connectivity index (χ1n) is 14.9. The van der Waals surface area contributed by atoms with E-state index in [0.717, 1.165) is 34.5 Å².